The molecule has 3 rings (SSSR count). The minimum atomic E-state index is -0.483. The Morgan fingerprint density at radius 1 is 1.46 bits per heavy atom. The molecule has 1 amide bonds. The average Bonchev–Trinajstić information content (AvgIpc) is 3.07. The zero-order valence-electron chi connectivity index (χ0n) is 15.4. The quantitative estimate of drug-likeness (QED) is 0.413. The number of hydrazone groups is 1. The molecule has 1 aromatic carbocycles. The zero-order valence-corrected chi connectivity index (χ0v) is 15.4. The molecule has 1 aliphatic heterocycles. The van der Waals surface area contributed by atoms with Gasteiger partial charge in [-0.15, -0.1) is 0 Å². The fraction of sp³-hybridized carbons (Fsp3) is 0.438. The van der Waals surface area contributed by atoms with Crippen molar-refractivity contribution >= 4 is 29.4 Å². The topological polar surface area (TPSA) is 157 Å². The second kappa shape index (κ2) is 8.41. The van der Waals surface area contributed by atoms with Gasteiger partial charge in [-0.1, -0.05) is 18.1 Å². The molecule has 1 saturated heterocycles. The summed E-state index contributed by atoms with van der Waals surface area (Å²) in [5.41, 5.74) is 8.91. The molecule has 3 N–H and O–H groups in total. The Bertz CT molecular complexity index is 887. The van der Waals surface area contributed by atoms with E-state index in [0.29, 0.717) is 17.2 Å². The monoisotopic (exact) mass is 387 g/mol. The van der Waals surface area contributed by atoms with Crippen molar-refractivity contribution in [2.45, 2.75) is 26.3 Å². The highest BCUT2D eigenvalue weighted by molar-refractivity contribution is 5.85. The summed E-state index contributed by atoms with van der Waals surface area (Å²) in [4.78, 5) is 24.9. The third-order valence-electron chi connectivity index (χ3n) is 4.58. The van der Waals surface area contributed by atoms with Gasteiger partial charge in [-0.3, -0.25) is 14.9 Å². The number of nitro groups is 1. The molecule has 0 spiro atoms. The van der Waals surface area contributed by atoms with Crippen LogP contribution in [0.4, 0.5) is 17.3 Å². The van der Waals surface area contributed by atoms with E-state index in [1.807, 2.05) is 4.90 Å². The second-order valence-electron chi connectivity index (χ2n) is 6.66. The van der Waals surface area contributed by atoms with E-state index in [1.54, 1.807) is 12.1 Å². The number of nitro benzene ring substituents is 1. The lowest BCUT2D eigenvalue weighted by Crippen LogP contribution is -2.33. The molecule has 1 aromatic heterocycles. The number of nitrogens with one attached hydrogen (secondary N) is 1. The van der Waals surface area contributed by atoms with Crippen molar-refractivity contribution in [2.24, 2.45) is 11.0 Å². The van der Waals surface area contributed by atoms with Crippen LogP contribution in [0.15, 0.2) is 23.3 Å². The van der Waals surface area contributed by atoms with Crippen molar-refractivity contribution in [1.82, 2.24) is 25.6 Å². The van der Waals surface area contributed by atoms with Crippen molar-refractivity contribution in [3.63, 3.8) is 0 Å². The molecule has 1 aliphatic rings. The maximum atomic E-state index is 11.8. The largest absolute Gasteiger partial charge is 0.367 e. The summed E-state index contributed by atoms with van der Waals surface area (Å²) in [6.07, 6.45) is 3.37. The second-order valence-corrected chi connectivity index (χ2v) is 6.66. The minimum Gasteiger partial charge on any atom is -0.367 e. The Balaban J connectivity index is 1.66. The first-order valence-electron chi connectivity index (χ1n) is 8.81. The summed E-state index contributed by atoms with van der Waals surface area (Å²) in [6.45, 7) is 3.59. The van der Waals surface area contributed by atoms with Crippen molar-refractivity contribution in [1.29, 1.82) is 0 Å². The van der Waals surface area contributed by atoms with Crippen molar-refractivity contribution in [2.75, 3.05) is 23.7 Å². The normalized spacial score (nSPS) is 15.1. The molecular formula is C16H21N9O3. The van der Waals surface area contributed by atoms with Crippen LogP contribution in [-0.4, -0.2) is 50.3 Å². The summed E-state index contributed by atoms with van der Waals surface area (Å²) >= 11 is 0. The van der Waals surface area contributed by atoms with Crippen LogP contribution >= 0.6 is 0 Å². The van der Waals surface area contributed by atoms with E-state index < -0.39 is 10.8 Å². The van der Waals surface area contributed by atoms with Crippen LogP contribution in [0.3, 0.4) is 0 Å². The number of benzene rings is 1. The number of carbonyl (C=O) groups is 1. The lowest BCUT2D eigenvalue weighted by Gasteiger charge is -2.31. The molecule has 0 unspecified atom stereocenters. The number of hydrogen-bond acceptors (Lipinski definition) is 9. The summed E-state index contributed by atoms with van der Waals surface area (Å²) in [5.74, 6) is 0.162. The minimum absolute atomic E-state index is 0.0115. The highest BCUT2D eigenvalue weighted by Gasteiger charge is 2.23. The van der Waals surface area contributed by atoms with Crippen LogP contribution in [0, 0.1) is 16.0 Å². The summed E-state index contributed by atoms with van der Waals surface area (Å²) in [7, 11) is 0. The predicted octanol–water partition coefficient (Wildman–Crippen LogP) is 0.550. The number of hydrogen-bond donors (Lipinski definition) is 2. The molecule has 12 heteroatoms. The first-order chi connectivity index (χ1) is 13.4. The number of rotatable bonds is 6. The van der Waals surface area contributed by atoms with E-state index in [2.05, 4.69) is 33.0 Å². The van der Waals surface area contributed by atoms with Gasteiger partial charge < -0.3 is 10.6 Å². The van der Waals surface area contributed by atoms with Gasteiger partial charge in [-0.25, -0.2) is 10.1 Å². The van der Waals surface area contributed by atoms with Gasteiger partial charge in [0, 0.05) is 24.7 Å². The number of anilines is 2. The number of aromatic nitrogens is 4. The number of tetrazole rings is 1. The van der Waals surface area contributed by atoms with Crippen LogP contribution < -0.4 is 16.1 Å². The lowest BCUT2D eigenvalue weighted by molar-refractivity contribution is -0.384. The zero-order chi connectivity index (χ0) is 20.1. The van der Waals surface area contributed by atoms with E-state index in [9.17, 15) is 14.9 Å². The van der Waals surface area contributed by atoms with E-state index in [1.165, 1.54) is 12.3 Å². The number of nitrogens with zero attached hydrogens (tertiary/aromatic N) is 7. The number of nitrogen functional groups attached to an aromatic ring is 1. The summed E-state index contributed by atoms with van der Waals surface area (Å²) < 4.78 is 1.12. The molecule has 2 aromatic rings. The lowest BCUT2D eigenvalue weighted by atomic mass is 9.98. The highest BCUT2D eigenvalue weighted by atomic mass is 16.6. The third-order valence-corrected chi connectivity index (χ3v) is 4.58. The van der Waals surface area contributed by atoms with Crippen molar-refractivity contribution < 1.29 is 9.72 Å². The predicted molar refractivity (Wildman–Crippen MR) is 102 cm³/mol. The Morgan fingerprint density at radius 2 is 2.21 bits per heavy atom. The maximum absolute atomic E-state index is 11.8. The fourth-order valence-corrected chi connectivity index (χ4v) is 2.96. The molecule has 12 nitrogen and oxygen atoms in total. The Labute approximate surface area is 160 Å². The van der Waals surface area contributed by atoms with Crippen molar-refractivity contribution in [3.8, 4) is 0 Å². The van der Waals surface area contributed by atoms with Crippen LogP contribution in [0.1, 0.15) is 25.3 Å². The van der Waals surface area contributed by atoms with E-state index in [-0.39, 0.29) is 18.2 Å². The van der Waals surface area contributed by atoms with Crippen LogP contribution in [0.2, 0.25) is 0 Å². The van der Waals surface area contributed by atoms with Crippen LogP contribution in [0.25, 0.3) is 0 Å². The molecule has 0 bridgehead atoms. The third kappa shape index (κ3) is 4.58. The molecule has 2 heterocycles. The molecule has 0 saturated carbocycles. The van der Waals surface area contributed by atoms with Crippen molar-refractivity contribution in [3.05, 3.63) is 33.9 Å². The SMILES string of the molecule is CC1CCN(c2ccc(C=NNC(=O)Cn3nnnc3N)cc2[N+](=O)[O-])CC1. The average molecular weight is 387 g/mol. The van der Waals surface area contributed by atoms with E-state index in [0.717, 1.165) is 30.6 Å². The Hall–Kier alpha value is -3.57. The van der Waals surface area contributed by atoms with Gasteiger partial charge in [0.05, 0.1) is 11.1 Å². The first kappa shape index (κ1) is 19.2. The smallest absolute Gasteiger partial charge is 0.293 e. The number of carbonyl (C=O) groups excluding carboxylic acids is 1. The molecule has 28 heavy (non-hydrogen) atoms. The van der Waals surface area contributed by atoms with Gasteiger partial charge in [-0.2, -0.15) is 5.10 Å². The highest BCUT2D eigenvalue weighted by Crippen LogP contribution is 2.31. The van der Waals surface area contributed by atoms with Gasteiger partial charge >= 0.3 is 0 Å². The maximum Gasteiger partial charge on any atom is 0.293 e. The number of amides is 1. The Kier molecular flexibility index (Phi) is 5.77. The van der Waals surface area contributed by atoms with Gasteiger partial charge in [0.15, 0.2) is 0 Å². The molecule has 0 atom stereocenters. The Morgan fingerprint density at radius 3 is 2.86 bits per heavy atom. The number of piperidine rings is 1. The first-order valence-corrected chi connectivity index (χ1v) is 8.81. The van der Waals surface area contributed by atoms with Gasteiger partial charge in [0.25, 0.3) is 11.6 Å². The molecule has 1 fully saturated rings. The summed E-state index contributed by atoms with van der Waals surface area (Å²) in [6, 6.07) is 4.90. The molecule has 0 radical (unpaired) electrons. The molecule has 148 valence electrons. The van der Waals surface area contributed by atoms with Crippen LogP contribution in [-0.2, 0) is 11.3 Å². The molecule has 0 aliphatic carbocycles. The standard InChI is InChI=1S/C16H21N9O3/c1-11-4-6-23(7-5-11)13-3-2-12(8-14(13)25(27)28)9-18-19-15(26)10-24-16(17)20-21-22-24/h2-3,8-9,11H,4-7,10H2,1H3,(H,19,26)(H2,17,20,22). The van der Waals surface area contributed by atoms with E-state index in [4.69, 9.17) is 5.73 Å². The van der Waals surface area contributed by atoms with Gasteiger partial charge in [-0.05, 0) is 35.3 Å². The van der Waals surface area contributed by atoms with Crippen LogP contribution in [0.5, 0.6) is 0 Å². The molecular weight excluding hydrogens is 366 g/mol. The fourth-order valence-electron chi connectivity index (χ4n) is 2.96. The number of nitrogens with two attached hydrogens (primary N) is 1. The van der Waals surface area contributed by atoms with Gasteiger partial charge in [0.1, 0.15) is 12.2 Å². The van der Waals surface area contributed by atoms with Gasteiger partial charge in [0.2, 0.25) is 5.95 Å². The summed E-state index contributed by atoms with van der Waals surface area (Å²) in [5, 5.41) is 25.7. The van der Waals surface area contributed by atoms with E-state index >= 15 is 0 Å².